The Balaban J connectivity index is 1.60. The number of ether oxygens (including phenoxy) is 2. The quantitative estimate of drug-likeness (QED) is 0.236. The molecule has 0 aliphatic rings. The van der Waals surface area contributed by atoms with Gasteiger partial charge in [-0.2, -0.15) is 0 Å². The summed E-state index contributed by atoms with van der Waals surface area (Å²) in [4.78, 5) is 31.5. The number of para-hydroxylation sites is 2. The van der Waals surface area contributed by atoms with Gasteiger partial charge in [-0.1, -0.05) is 49.4 Å². The van der Waals surface area contributed by atoms with Crippen LogP contribution in [0.15, 0.2) is 83.8 Å². The standard InChI is InChI=1S/C32H34N4O4/c1-5-17-33-36-19-25(24-16-15-23(18-28(24)36)39-21-22-11-7-6-8-12-22)30-31(38)35(20-29(37)40-32(2,3)4)27-14-10-9-13-26(27)34-30/h6-16,18-19,33H,5,17,20-21H2,1-4H3. The minimum Gasteiger partial charge on any atom is -0.489 e. The maximum atomic E-state index is 13.9. The van der Waals surface area contributed by atoms with Crippen molar-refractivity contribution >= 4 is 27.9 Å². The van der Waals surface area contributed by atoms with E-state index in [2.05, 4.69) is 12.3 Å². The molecule has 0 saturated carbocycles. The highest BCUT2D eigenvalue weighted by atomic mass is 16.6. The van der Waals surface area contributed by atoms with E-state index in [1.807, 2.05) is 77.6 Å². The summed E-state index contributed by atoms with van der Waals surface area (Å²) in [6, 6.07) is 23.1. The predicted molar refractivity (Wildman–Crippen MR) is 158 cm³/mol. The van der Waals surface area contributed by atoms with Crippen LogP contribution in [-0.4, -0.2) is 32.3 Å². The van der Waals surface area contributed by atoms with Gasteiger partial charge in [0.05, 0.1) is 16.6 Å². The number of carbonyl (C=O) groups is 1. The van der Waals surface area contributed by atoms with Gasteiger partial charge in [-0.25, -0.2) is 4.98 Å². The van der Waals surface area contributed by atoms with Crippen molar-refractivity contribution in [3.63, 3.8) is 0 Å². The molecule has 0 saturated heterocycles. The van der Waals surface area contributed by atoms with Crippen LogP contribution in [0.1, 0.15) is 39.7 Å². The lowest BCUT2D eigenvalue weighted by Crippen LogP contribution is -2.31. The van der Waals surface area contributed by atoms with Crippen LogP contribution in [0.2, 0.25) is 0 Å². The Bertz CT molecular complexity index is 1710. The molecule has 3 aromatic carbocycles. The minimum absolute atomic E-state index is 0.212. The summed E-state index contributed by atoms with van der Waals surface area (Å²) >= 11 is 0. The summed E-state index contributed by atoms with van der Waals surface area (Å²) in [5.41, 5.74) is 6.46. The summed E-state index contributed by atoms with van der Waals surface area (Å²) in [7, 11) is 0. The second kappa shape index (κ2) is 11.3. The van der Waals surface area contributed by atoms with E-state index < -0.39 is 11.6 Å². The van der Waals surface area contributed by atoms with Gasteiger partial charge in [0, 0.05) is 29.8 Å². The van der Waals surface area contributed by atoms with Crippen LogP contribution in [0.3, 0.4) is 0 Å². The van der Waals surface area contributed by atoms with Crippen molar-refractivity contribution < 1.29 is 14.3 Å². The molecule has 0 aliphatic carbocycles. The minimum atomic E-state index is -0.662. The number of aromatic nitrogens is 3. The predicted octanol–water partition coefficient (Wildman–Crippen LogP) is 5.89. The molecule has 5 rings (SSSR count). The molecule has 2 heterocycles. The Morgan fingerprint density at radius 2 is 1.73 bits per heavy atom. The van der Waals surface area contributed by atoms with Gasteiger partial charge in [0.25, 0.3) is 5.56 Å². The van der Waals surface area contributed by atoms with E-state index in [4.69, 9.17) is 14.5 Å². The van der Waals surface area contributed by atoms with Gasteiger partial charge >= 0.3 is 5.97 Å². The zero-order valence-electron chi connectivity index (χ0n) is 23.3. The molecule has 0 spiro atoms. The van der Waals surface area contributed by atoms with Crippen LogP contribution in [0, 0.1) is 0 Å². The number of hydrogen-bond donors (Lipinski definition) is 1. The number of nitrogens with one attached hydrogen (secondary N) is 1. The third kappa shape index (κ3) is 5.86. The average molecular weight is 539 g/mol. The lowest BCUT2D eigenvalue weighted by molar-refractivity contribution is -0.155. The third-order valence-electron chi connectivity index (χ3n) is 6.37. The van der Waals surface area contributed by atoms with Gasteiger partial charge in [-0.3, -0.25) is 18.8 Å². The topological polar surface area (TPSA) is 87.4 Å². The molecule has 0 radical (unpaired) electrons. The molecule has 0 atom stereocenters. The van der Waals surface area contributed by atoms with Gasteiger partial charge in [0.1, 0.15) is 30.2 Å². The van der Waals surface area contributed by atoms with E-state index in [9.17, 15) is 9.59 Å². The molecule has 0 aliphatic heterocycles. The van der Waals surface area contributed by atoms with Gasteiger partial charge in [0.15, 0.2) is 0 Å². The number of nitrogens with zero attached hydrogens (tertiary/aromatic N) is 3. The van der Waals surface area contributed by atoms with Crippen molar-refractivity contribution in [1.82, 2.24) is 14.2 Å². The third-order valence-corrected chi connectivity index (χ3v) is 6.37. The molecule has 1 N–H and O–H groups in total. The maximum Gasteiger partial charge on any atom is 0.326 e. The zero-order valence-corrected chi connectivity index (χ0v) is 23.3. The summed E-state index contributed by atoms with van der Waals surface area (Å²) in [6.07, 6.45) is 2.81. The number of rotatable bonds is 9. The second-order valence-electron chi connectivity index (χ2n) is 10.7. The van der Waals surface area contributed by atoms with Crippen molar-refractivity contribution in [2.75, 3.05) is 12.0 Å². The number of fused-ring (bicyclic) bond motifs is 2. The van der Waals surface area contributed by atoms with Crippen molar-refractivity contribution in [1.29, 1.82) is 0 Å². The van der Waals surface area contributed by atoms with Gasteiger partial charge in [-0.05, 0) is 57.0 Å². The highest BCUT2D eigenvalue weighted by Crippen LogP contribution is 2.31. The molecule has 0 fully saturated rings. The van der Waals surface area contributed by atoms with Gasteiger partial charge < -0.3 is 14.9 Å². The number of benzene rings is 3. The van der Waals surface area contributed by atoms with Crippen LogP contribution >= 0.6 is 0 Å². The summed E-state index contributed by atoms with van der Waals surface area (Å²) in [5, 5.41) is 0.847. The van der Waals surface area contributed by atoms with Gasteiger partial charge in [0.2, 0.25) is 0 Å². The molecule has 206 valence electrons. The molecule has 0 unspecified atom stereocenters. The van der Waals surface area contributed by atoms with Crippen molar-refractivity contribution in [3.8, 4) is 17.0 Å². The van der Waals surface area contributed by atoms with Crippen LogP contribution in [0.4, 0.5) is 0 Å². The lowest BCUT2D eigenvalue weighted by Gasteiger charge is -2.20. The van der Waals surface area contributed by atoms with E-state index in [0.717, 1.165) is 29.4 Å². The summed E-state index contributed by atoms with van der Waals surface area (Å²) in [5.74, 6) is 0.235. The molecule has 0 bridgehead atoms. The Kier molecular flexibility index (Phi) is 7.60. The fourth-order valence-electron chi connectivity index (χ4n) is 4.62. The molecule has 8 heteroatoms. The van der Waals surface area contributed by atoms with Gasteiger partial charge in [-0.15, -0.1) is 0 Å². The zero-order chi connectivity index (χ0) is 28.3. The highest BCUT2D eigenvalue weighted by molar-refractivity contribution is 5.97. The van der Waals surface area contributed by atoms with E-state index >= 15 is 0 Å². The Labute approximate surface area is 233 Å². The number of carbonyl (C=O) groups excluding carboxylic acids is 1. The Hall–Kier alpha value is -4.59. The van der Waals surface area contributed by atoms with Crippen LogP contribution < -0.4 is 15.7 Å². The largest absolute Gasteiger partial charge is 0.489 e. The van der Waals surface area contributed by atoms with E-state index in [1.54, 1.807) is 26.8 Å². The van der Waals surface area contributed by atoms with Crippen LogP contribution in [-0.2, 0) is 22.7 Å². The van der Waals surface area contributed by atoms with Crippen molar-refractivity contribution in [3.05, 3.63) is 94.9 Å². The molecular weight excluding hydrogens is 504 g/mol. The molecule has 8 nitrogen and oxygen atoms in total. The first-order chi connectivity index (χ1) is 19.2. The van der Waals surface area contributed by atoms with E-state index in [0.29, 0.717) is 29.0 Å². The fourth-order valence-corrected chi connectivity index (χ4v) is 4.62. The first-order valence-electron chi connectivity index (χ1n) is 13.5. The Morgan fingerprint density at radius 3 is 2.48 bits per heavy atom. The maximum absolute atomic E-state index is 13.9. The first-order valence-corrected chi connectivity index (χ1v) is 13.5. The first kappa shape index (κ1) is 27.0. The fraction of sp³-hybridized carbons (Fsp3) is 0.281. The molecule has 5 aromatic rings. The summed E-state index contributed by atoms with van der Waals surface area (Å²) in [6.45, 7) is 8.49. The monoisotopic (exact) mass is 538 g/mol. The molecular formula is C32H34N4O4. The highest BCUT2D eigenvalue weighted by Gasteiger charge is 2.22. The smallest absolute Gasteiger partial charge is 0.326 e. The Morgan fingerprint density at radius 1 is 0.975 bits per heavy atom. The summed E-state index contributed by atoms with van der Waals surface area (Å²) < 4.78 is 15.0. The molecule has 40 heavy (non-hydrogen) atoms. The average Bonchev–Trinajstić information content (AvgIpc) is 3.29. The SMILES string of the molecule is CCCNn1cc(-c2nc3ccccc3n(CC(=O)OC(C)(C)C)c2=O)c2ccc(OCc3ccccc3)cc21. The lowest BCUT2D eigenvalue weighted by atomic mass is 10.1. The number of hydrogen-bond acceptors (Lipinski definition) is 6. The second-order valence-corrected chi connectivity index (χ2v) is 10.7. The number of esters is 1. The van der Waals surface area contributed by atoms with Crippen LogP contribution in [0.25, 0.3) is 33.2 Å². The van der Waals surface area contributed by atoms with Crippen LogP contribution in [0.5, 0.6) is 5.75 Å². The molecule has 2 aromatic heterocycles. The van der Waals surface area contributed by atoms with E-state index in [1.165, 1.54) is 4.57 Å². The van der Waals surface area contributed by atoms with E-state index in [-0.39, 0.29) is 17.8 Å². The van der Waals surface area contributed by atoms with Crippen molar-refractivity contribution in [2.24, 2.45) is 0 Å². The normalized spacial score (nSPS) is 11.6. The molecule has 0 amide bonds. The van der Waals surface area contributed by atoms with Crippen molar-refractivity contribution in [2.45, 2.75) is 52.9 Å².